The average molecular weight is 547 g/mol. The number of aromatic nitrogens is 2. The van der Waals surface area contributed by atoms with Gasteiger partial charge in [-0.25, -0.2) is 4.98 Å². The first kappa shape index (κ1) is 27.9. The summed E-state index contributed by atoms with van der Waals surface area (Å²) in [4.78, 5) is 47.4. The minimum absolute atomic E-state index is 0.0368. The van der Waals surface area contributed by atoms with Crippen molar-refractivity contribution in [3.05, 3.63) is 40.9 Å². The third kappa shape index (κ3) is 7.03. The number of anilines is 2. The fourth-order valence-electron chi connectivity index (χ4n) is 4.84. The second kappa shape index (κ2) is 13.1. The molecule has 1 saturated heterocycles. The highest BCUT2D eigenvalue weighted by molar-refractivity contribution is 6.33. The Morgan fingerprint density at radius 3 is 2.63 bits per heavy atom. The molecule has 0 radical (unpaired) electrons. The molecule has 38 heavy (non-hydrogen) atoms. The Kier molecular flexibility index (Phi) is 9.59. The molecule has 1 aromatic carbocycles. The van der Waals surface area contributed by atoms with E-state index in [4.69, 9.17) is 21.1 Å². The standard InChI is InChI=1S/C26H35ClN6O5/c1-16(14-37-2)30-25(35)22-23(29-15-28-22)26(36)31-18-5-3-17(4-6-18)24(34)32-21-13-19(7-8-20(21)27)33-9-11-38-12-10-33/h7-8,13,15-18H,3-6,9-12,14H2,1-2H3,(H,28,29)(H,30,35)(H,31,36)(H,32,34). The molecular formula is C26H35ClN6O5. The number of amides is 3. The summed E-state index contributed by atoms with van der Waals surface area (Å²) >= 11 is 6.38. The van der Waals surface area contributed by atoms with E-state index < -0.39 is 11.8 Å². The summed E-state index contributed by atoms with van der Waals surface area (Å²) < 4.78 is 10.5. The van der Waals surface area contributed by atoms with E-state index in [0.29, 0.717) is 56.2 Å². The molecule has 1 atom stereocenters. The molecule has 1 aromatic heterocycles. The Bertz CT molecular complexity index is 1130. The van der Waals surface area contributed by atoms with Crippen molar-refractivity contribution in [2.45, 2.75) is 44.7 Å². The van der Waals surface area contributed by atoms with Crippen LogP contribution in [0.1, 0.15) is 53.6 Å². The molecule has 3 amide bonds. The van der Waals surface area contributed by atoms with E-state index in [1.54, 1.807) is 20.1 Å². The van der Waals surface area contributed by atoms with Gasteiger partial charge in [0.15, 0.2) is 5.69 Å². The zero-order valence-corrected chi connectivity index (χ0v) is 22.5. The number of morpholine rings is 1. The van der Waals surface area contributed by atoms with Crippen LogP contribution >= 0.6 is 11.6 Å². The second-order valence-corrected chi connectivity index (χ2v) is 10.1. The van der Waals surface area contributed by atoms with Crippen molar-refractivity contribution >= 4 is 40.7 Å². The minimum atomic E-state index is -0.447. The lowest BCUT2D eigenvalue weighted by atomic mass is 9.85. The number of benzene rings is 1. The van der Waals surface area contributed by atoms with Crippen molar-refractivity contribution < 1.29 is 23.9 Å². The van der Waals surface area contributed by atoms with Gasteiger partial charge in [0.05, 0.1) is 36.9 Å². The third-order valence-corrected chi connectivity index (χ3v) is 7.22. The average Bonchev–Trinajstić information content (AvgIpc) is 3.41. The van der Waals surface area contributed by atoms with Gasteiger partial charge in [-0.15, -0.1) is 0 Å². The molecule has 11 nitrogen and oxygen atoms in total. The van der Waals surface area contributed by atoms with Crippen LogP contribution < -0.4 is 20.9 Å². The van der Waals surface area contributed by atoms with E-state index >= 15 is 0 Å². The number of H-pyrrole nitrogens is 1. The SMILES string of the molecule is COCC(C)NC(=O)c1nc[nH]c1C(=O)NC1CCC(C(=O)Nc2cc(N3CCOCC3)ccc2Cl)CC1. The summed E-state index contributed by atoms with van der Waals surface area (Å²) in [5, 5.41) is 9.22. The van der Waals surface area contributed by atoms with E-state index in [0.717, 1.165) is 18.8 Å². The van der Waals surface area contributed by atoms with Crippen molar-refractivity contribution in [1.29, 1.82) is 0 Å². The zero-order chi connectivity index (χ0) is 27.1. The predicted molar refractivity (Wildman–Crippen MR) is 144 cm³/mol. The summed E-state index contributed by atoms with van der Waals surface area (Å²) in [5.41, 5.74) is 1.75. The highest BCUT2D eigenvalue weighted by Crippen LogP contribution is 2.31. The highest BCUT2D eigenvalue weighted by atomic mass is 35.5. The fraction of sp³-hybridized carbons (Fsp3) is 0.538. The molecule has 2 aliphatic rings. The number of carbonyl (C=O) groups is 3. The number of nitrogens with zero attached hydrogens (tertiary/aromatic N) is 2. The number of rotatable bonds is 9. The molecule has 2 heterocycles. The normalized spacial score (nSPS) is 20.4. The largest absolute Gasteiger partial charge is 0.383 e. The summed E-state index contributed by atoms with van der Waals surface area (Å²) in [6.07, 6.45) is 3.87. The van der Waals surface area contributed by atoms with Crippen LogP contribution in [-0.4, -0.2) is 79.8 Å². The molecule has 2 fully saturated rings. The maximum absolute atomic E-state index is 13.0. The van der Waals surface area contributed by atoms with Crippen molar-refractivity contribution in [1.82, 2.24) is 20.6 Å². The molecule has 0 bridgehead atoms. The lowest BCUT2D eigenvalue weighted by Gasteiger charge is -2.30. The monoisotopic (exact) mass is 546 g/mol. The Labute approximate surface area is 227 Å². The topological polar surface area (TPSA) is 138 Å². The van der Waals surface area contributed by atoms with Crippen LogP contribution in [0.25, 0.3) is 0 Å². The molecule has 0 spiro atoms. The predicted octanol–water partition coefficient (Wildman–Crippen LogP) is 2.59. The van der Waals surface area contributed by atoms with E-state index in [9.17, 15) is 14.4 Å². The van der Waals surface area contributed by atoms with Gasteiger partial charge in [-0.2, -0.15) is 0 Å². The first-order valence-electron chi connectivity index (χ1n) is 12.9. The number of hydrogen-bond acceptors (Lipinski definition) is 7. The lowest BCUT2D eigenvalue weighted by Crippen LogP contribution is -2.41. The van der Waals surface area contributed by atoms with Gasteiger partial charge < -0.3 is 35.3 Å². The Balaban J connectivity index is 1.28. The first-order valence-corrected chi connectivity index (χ1v) is 13.3. The van der Waals surface area contributed by atoms with Crippen molar-refractivity contribution in [3.8, 4) is 0 Å². The van der Waals surface area contributed by atoms with E-state index in [1.807, 2.05) is 12.1 Å². The van der Waals surface area contributed by atoms with E-state index in [1.165, 1.54) is 6.33 Å². The van der Waals surface area contributed by atoms with Gasteiger partial charge in [0.2, 0.25) is 5.91 Å². The maximum Gasteiger partial charge on any atom is 0.272 e. The van der Waals surface area contributed by atoms with Crippen LogP contribution in [0.15, 0.2) is 24.5 Å². The fourth-order valence-corrected chi connectivity index (χ4v) is 5.01. The molecule has 206 valence electrons. The van der Waals surface area contributed by atoms with Gasteiger partial charge in [-0.1, -0.05) is 11.6 Å². The van der Waals surface area contributed by atoms with Crippen molar-refractivity contribution in [2.75, 3.05) is 50.2 Å². The summed E-state index contributed by atoms with van der Waals surface area (Å²) in [5.74, 6) is -1.10. The molecule has 4 rings (SSSR count). The van der Waals surface area contributed by atoms with Crippen LogP contribution in [0.4, 0.5) is 11.4 Å². The second-order valence-electron chi connectivity index (χ2n) is 9.73. The Morgan fingerprint density at radius 2 is 1.92 bits per heavy atom. The highest BCUT2D eigenvalue weighted by Gasteiger charge is 2.29. The van der Waals surface area contributed by atoms with Gasteiger partial charge in [-0.05, 0) is 50.8 Å². The smallest absolute Gasteiger partial charge is 0.272 e. The summed E-state index contributed by atoms with van der Waals surface area (Å²) in [6.45, 7) is 5.08. The molecule has 12 heteroatoms. The molecule has 1 aliphatic carbocycles. The number of carbonyl (C=O) groups excluding carboxylic acids is 3. The van der Waals surface area contributed by atoms with E-state index in [2.05, 4.69) is 30.8 Å². The maximum atomic E-state index is 13.0. The van der Waals surface area contributed by atoms with Gasteiger partial charge >= 0.3 is 0 Å². The molecule has 1 unspecified atom stereocenters. The van der Waals surface area contributed by atoms with Crippen LogP contribution in [0.5, 0.6) is 0 Å². The summed E-state index contributed by atoms with van der Waals surface area (Å²) in [6, 6.07) is 5.33. The van der Waals surface area contributed by atoms with Crippen LogP contribution in [0, 0.1) is 5.92 Å². The van der Waals surface area contributed by atoms with Crippen molar-refractivity contribution in [3.63, 3.8) is 0 Å². The number of ether oxygens (including phenoxy) is 2. The van der Waals surface area contributed by atoms with Crippen molar-refractivity contribution in [2.24, 2.45) is 5.92 Å². The molecular weight excluding hydrogens is 512 g/mol. The van der Waals surface area contributed by atoms with Gasteiger partial charge in [0.1, 0.15) is 5.69 Å². The van der Waals surface area contributed by atoms with Crippen LogP contribution in [0.3, 0.4) is 0 Å². The number of methoxy groups -OCH3 is 1. The molecule has 2 aromatic rings. The number of hydrogen-bond donors (Lipinski definition) is 4. The van der Waals surface area contributed by atoms with Gasteiger partial charge in [-0.3, -0.25) is 14.4 Å². The van der Waals surface area contributed by atoms with Gasteiger partial charge in [0, 0.05) is 43.9 Å². The van der Waals surface area contributed by atoms with Crippen LogP contribution in [-0.2, 0) is 14.3 Å². The van der Waals surface area contributed by atoms with E-state index in [-0.39, 0.29) is 35.3 Å². The Morgan fingerprint density at radius 1 is 1.18 bits per heavy atom. The molecule has 4 N–H and O–H groups in total. The number of nitrogens with one attached hydrogen (secondary N) is 4. The zero-order valence-electron chi connectivity index (χ0n) is 21.7. The van der Waals surface area contributed by atoms with Gasteiger partial charge in [0.25, 0.3) is 11.8 Å². The number of imidazole rings is 1. The molecule has 1 saturated carbocycles. The minimum Gasteiger partial charge on any atom is -0.383 e. The Hall–Kier alpha value is -3.15. The number of aromatic amines is 1. The van der Waals surface area contributed by atoms with Crippen LogP contribution in [0.2, 0.25) is 5.02 Å². The molecule has 1 aliphatic heterocycles. The first-order chi connectivity index (χ1) is 18.4. The third-order valence-electron chi connectivity index (χ3n) is 6.89. The number of halogens is 1. The summed E-state index contributed by atoms with van der Waals surface area (Å²) in [7, 11) is 1.55. The lowest BCUT2D eigenvalue weighted by molar-refractivity contribution is -0.120. The quantitative estimate of drug-likeness (QED) is 0.379.